The molecule has 4 aromatic carbocycles. The number of pyridine rings is 2. The van der Waals surface area contributed by atoms with Gasteiger partial charge in [-0.3, -0.25) is 9.97 Å². The fourth-order valence-electron chi connectivity index (χ4n) is 6.42. The topological polar surface area (TPSA) is 56.7 Å². The zero-order valence-corrected chi connectivity index (χ0v) is 33.9. The summed E-state index contributed by atoms with van der Waals surface area (Å²) in [6, 6.07) is 41.0. The van der Waals surface area contributed by atoms with Crippen molar-refractivity contribution in [1.29, 1.82) is 0 Å². The second-order valence-corrected chi connectivity index (χ2v) is 24.3. The number of hydrogen-bond acceptors (Lipinski definition) is 4. The molecule has 7 heteroatoms. The van der Waals surface area contributed by atoms with Gasteiger partial charge in [-0.2, -0.15) is 0 Å². The SMILES string of the molecule is Cc1cc(-n2c(-c3[c-]ccc4c3oc3ccccc34)nc3ccccc32)cc(C)n1.[2H]C(C)(C)c1cc(-c2[c-]cccc2)nc[c]1[Ge]([CH3])([CH3])[CH3].[Ir]. The van der Waals surface area contributed by atoms with Gasteiger partial charge in [-0.1, -0.05) is 41.3 Å². The molecule has 0 amide bonds. The molecule has 5 nitrogen and oxygen atoms in total. The summed E-state index contributed by atoms with van der Waals surface area (Å²) in [4.78, 5) is 14.2. The smallest absolute Gasteiger partial charge is 0 e. The van der Waals surface area contributed by atoms with Gasteiger partial charge in [-0.05, 0) is 44.2 Å². The van der Waals surface area contributed by atoms with Gasteiger partial charge < -0.3 is 8.98 Å². The minimum Gasteiger partial charge on any atom is 0 e. The van der Waals surface area contributed by atoms with E-state index in [1.54, 1.807) is 0 Å². The van der Waals surface area contributed by atoms with Crippen LogP contribution >= 0.6 is 0 Å². The molecule has 0 saturated heterocycles. The molecule has 0 saturated carbocycles. The van der Waals surface area contributed by atoms with Gasteiger partial charge in [0.25, 0.3) is 0 Å². The Morgan fingerprint density at radius 2 is 1.52 bits per heavy atom. The second kappa shape index (κ2) is 14.5. The van der Waals surface area contributed by atoms with Crippen LogP contribution in [0.2, 0.25) is 17.3 Å². The number of aryl methyl sites for hydroxylation is 2. The zero-order chi connectivity index (χ0) is 35.2. The molecule has 0 aliphatic carbocycles. The summed E-state index contributed by atoms with van der Waals surface area (Å²) in [6.07, 6.45) is 2.00. The van der Waals surface area contributed by atoms with E-state index in [1.165, 1.54) is 4.40 Å². The van der Waals surface area contributed by atoms with Crippen LogP contribution in [0.3, 0.4) is 0 Å². The maximum absolute atomic E-state index is 8.44. The Bertz CT molecular complexity index is 2470. The molecule has 0 aliphatic heterocycles. The summed E-state index contributed by atoms with van der Waals surface area (Å²) in [5.41, 5.74) is 10.5. The first kappa shape index (κ1) is 34.1. The number of furan rings is 1. The van der Waals surface area contributed by atoms with Gasteiger partial charge in [-0.15, -0.1) is 18.2 Å². The average molecular weight is 895 g/mol. The van der Waals surface area contributed by atoms with Gasteiger partial charge in [0.05, 0.1) is 22.4 Å². The number of para-hydroxylation sites is 3. The number of rotatable bonds is 5. The standard InChI is InChI=1S/C26H18N3O.C17H22GeN.Ir/c1-16-14-18(15-17(2)27-16)29-23-12-5-4-11-22(23)28-26(29)21-10-7-9-20-19-8-3-6-13-24(19)30-25(20)21;1-13(2)15-11-17(14-9-7-6-8-10-14)19-12-16(15)18(3,4)5;/h3-9,11-15H,1-2H3;6-9,11-13H,1-5H3;/q2*-1;/i;13D;. The Morgan fingerprint density at radius 3 is 2.24 bits per heavy atom. The van der Waals surface area contributed by atoms with Crippen molar-refractivity contribution < 1.29 is 25.9 Å². The van der Waals surface area contributed by atoms with Crippen molar-refractivity contribution in [3.05, 3.63) is 138 Å². The second-order valence-electron chi connectivity index (χ2n) is 13.7. The normalized spacial score (nSPS) is 12.0. The number of imidazole rings is 1. The molecular formula is C43H40GeIrN4O-2. The molecule has 4 aromatic heterocycles. The summed E-state index contributed by atoms with van der Waals surface area (Å²) in [5.74, 6) is 7.26. The molecule has 8 aromatic rings. The zero-order valence-electron chi connectivity index (χ0n) is 30.4. The molecule has 0 aliphatic rings. The van der Waals surface area contributed by atoms with Crippen molar-refractivity contribution in [3.8, 4) is 28.3 Å². The van der Waals surface area contributed by atoms with Crippen LogP contribution in [0, 0.1) is 26.0 Å². The van der Waals surface area contributed by atoms with Crippen molar-refractivity contribution in [2.45, 2.75) is 50.9 Å². The van der Waals surface area contributed by atoms with Crippen LogP contribution in [-0.4, -0.2) is 32.8 Å². The predicted octanol–water partition coefficient (Wildman–Crippen LogP) is 10.6. The van der Waals surface area contributed by atoms with Crippen LogP contribution in [0.15, 0.2) is 114 Å². The van der Waals surface area contributed by atoms with Gasteiger partial charge in [0, 0.05) is 42.6 Å². The first-order valence-corrected chi connectivity index (χ1v) is 24.0. The fraction of sp³-hybridized carbons (Fsp3) is 0.186. The molecule has 0 bridgehead atoms. The number of aromatic nitrogens is 4. The molecule has 1 radical (unpaired) electrons. The maximum Gasteiger partial charge on any atom is 0 e. The van der Waals surface area contributed by atoms with Crippen LogP contribution < -0.4 is 4.40 Å². The van der Waals surface area contributed by atoms with Gasteiger partial charge >= 0.3 is 120 Å². The molecule has 253 valence electrons. The van der Waals surface area contributed by atoms with Crippen molar-refractivity contribution in [3.63, 3.8) is 0 Å². The summed E-state index contributed by atoms with van der Waals surface area (Å²) >= 11 is -2.03. The number of benzene rings is 4. The van der Waals surface area contributed by atoms with E-state index in [4.69, 9.17) is 10.8 Å². The Labute approximate surface area is 311 Å². The fourth-order valence-corrected chi connectivity index (χ4v) is 9.74. The first-order valence-electron chi connectivity index (χ1n) is 17.1. The van der Waals surface area contributed by atoms with E-state index in [0.29, 0.717) is 0 Å². The molecule has 0 fully saturated rings. The van der Waals surface area contributed by atoms with Gasteiger partial charge in [0.2, 0.25) is 0 Å². The van der Waals surface area contributed by atoms with Crippen molar-refractivity contribution >= 4 is 50.6 Å². The maximum atomic E-state index is 8.44. The van der Waals surface area contributed by atoms with Crippen molar-refractivity contribution in [2.75, 3.05) is 0 Å². The molecule has 0 spiro atoms. The summed E-state index contributed by atoms with van der Waals surface area (Å²) in [6.45, 7) is 7.94. The third-order valence-electron chi connectivity index (χ3n) is 8.68. The van der Waals surface area contributed by atoms with Crippen LogP contribution in [0.4, 0.5) is 0 Å². The quantitative estimate of drug-likeness (QED) is 0.128. The minimum atomic E-state index is -2.03. The minimum absolute atomic E-state index is 0. The Balaban J connectivity index is 0.000000188. The van der Waals surface area contributed by atoms with Crippen molar-refractivity contribution in [1.82, 2.24) is 19.5 Å². The van der Waals surface area contributed by atoms with Crippen LogP contribution in [-0.2, 0) is 20.1 Å². The van der Waals surface area contributed by atoms with Crippen LogP contribution in [0.25, 0.3) is 61.3 Å². The molecule has 0 N–H and O–H groups in total. The van der Waals surface area contributed by atoms with E-state index in [0.717, 1.165) is 78.3 Å². The predicted molar refractivity (Wildman–Crippen MR) is 205 cm³/mol. The Hall–Kier alpha value is -4.36. The number of nitrogens with zero attached hydrogens (tertiary/aromatic N) is 4. The molecule has 0 unspecified atom stereocenters. The third-order valence-corrected chi connectivity index (χ3v) is 12.9. The van der Waals surface area contributed by atoms with Gasteiger partial charge in [-0.25, -0.2) is 0 Å². The molecule has 50 heavy (non-hydrogen) atoms. The largest absolute Gasteiger partial charge is 0 e. The summed E-state index contributed by atoms with van der Waals surface area (Å²) in [5, 5.41) is 2.17. The monoisotopic (exact) mass is 896 g/mol. The Morgan fingerprint density at radius 1 is 0.800 bits per heavy atom. The molecule has 4 heterocycles. The number of fused-ring (bicyclic) bond motifs is 4. The number of hydrogen-bond donors (Lipinski definition) is 0. The van der Waals surface area contributed by atoms with E-state index in [1.807, 2.05) is 101 Å². The summed E-state index contributed by atoms with van der Waals surface area (Å²) < 4.78 is 18.2. The van der Waals surface area contributed by atoms with E-state index < -0.39 is 19.2 Å². The molecule has 0 atom stereocenters. The van der Waals surface area contributed by atoms with E-state index >= 15 is 0 Å². The van der Waals surface area contributed by atoms with Crippen LogP contribution in [0.1, 0.15) is 38.1 Å². The first-order chi connectivity index (χ1) is 23.9. The van der Waals surface area contributed by atoms with E-state index in [2.05, 4.69) is 80.3 Å². The third kappa shape index (κ3) is 6.98. The molecular weight excluding hydrogens is 853 g/mol. The van der Waals surface area contributed by atoms with Crippen LogP contribution in [0.5, 0.6) is 0 Å². The van der Waals surface area contributed by atoms with Gasteiger partial charge in [0.1, 0.15) is 5.58 Å². The molecule has 8 rings (SSSR count). The van der Waals surface area contributed by atoms with Crippen molar-refractivity contribution in [2.24, 2.45) is 0 Å². The van der Waals surface area contributed by atoms with E-state index in [-0.39, 0.29) is 20.1 Å². The Kier molecular flexibility index (Phi) is 9.87. The average Bonchev–Trinajstić information content (AvgIpc) is 3.66. The summed E-state index contributed by atoms with van der Waals surface area (Å²) in [7, 11) is 0. The van der Waals surface area contributed by atoms with E-state index in [9.17, 15) is 0 Å². The van der Waals surface area contributed by atoms with Gasteiger partial charge in [0.15, 0.2) is 0 Å².